The molecule has 0 aromatic heterocycles. The normalized spacial score (nSPS) is 21.7. The Morgan fingerprint density at radius 1 is 1.19 bits per heavy atom. The highest BCUT2D eigenvalue weighted by Gasteiger charge is 2.42. The Morgan fingerprint density at radius 3 is 2.66 bits per heavy atom. The lowest BCUT2D eigenvalue weighted by Gasteiger charge is -2.36. The van der Waals surface area contributed by atoms with Crippen LogP contribution in [-0.4, -0.2) is 63.6 Å². The summed E-state index contributed by atoms with van der Waals surface area (Å²) in [6, 6.07) is 10.1. The van der Waals surface area contributed by atoms with Gasteiger partial charge in [0.15, 0.2) is 0 Å². The van der Waals surface area contributed by atoms with E-state index in [1.54, 1.807) is 12.2 Å². The van der Waals surface area contributed by atoms with Gasteiger partial charge in [0.2, 0.25) is 21.8 Å². The second kappa shape index (κ2) is 14.3. The van der Waals surface area contributed by atoms with Crippen molar-refractivity contribution in [3.05, 3.63) is 81.1 Å². The molecule has 0 aliphatic carbocycles. The molecule has 0 unspecified atom stereocenters. The van der Waals surface area contributed by atoms with Crippen LogP contribution in [0.15, 0.2) is 53.3 Å². The molecule has 256 valence electrons. The van der Waals surface area contributed by atoms with Crippen LogP contribution in [0.4, 0.5) is 11.4 Å². The van der Waals surface area contributed by atoms with Crippen molar-refractivity contribution in [3.63, 3.8) is 0 Å². The maximum atomic E-state index is 14.1. The standard InChI is InChI=1S/C35H50N6O5S/c1-7-27-20-41(47(43,44)30-10-9-16-38-33(30)46-27)19-25-18-24(12-11-22(25)3)31(35(5,6)34(42)39-26-15-17-45-21-26)28-13-14-29(37-8-2)32(40-36)23(28)4/h9-14,18,26-27,31,37-38,40H,7-8,15-17,19-21,36H2,1-6H3,(H,39,42)/t26-,27-,31+/m1/s1. The molecule has 1 amide bonds. The molecule has 3 aliphatic heterocycles. The monoisotopic (exact) mass is 666 g/mol. The molecule has 2 aromatic carbocycles. The van der Waals surface area contributed by atoms with Crippen LogP contribution in [0.3, 0.4) is 0 Å². The number of hydrogen-bond donors (Lipinski definition) is 5. The summed E-state index contributed by atoms with van der Waals surface area (Å²) in [5.74, 6) is 5.90. The van der Waals surface area contributed by atoms with Gasteiger partial charge in [0, 0.05) is 32.2 Å². The zero-order chi connectivity index (χ0) is 33.9. The van der Waals surface area contributed by atoms with Gasteiger partial charge in [-0.15, -0.1) is 0 Å². The summed E-state index contributed by atoms with van der Waals surface area (Å²) < 4.78 is 41.2. The Hall–Kier alpha value is -3.58. The van der Waals surface area contributed by atoms with Gasteiger partial charge in [-0.05, 0) is 73.6 Å². The van der Waals surface area contributed by atoms with E-state index in [-0.39, 0.29) is 42.0 Å². The highest BCUT2D eigenvalue weighted by molar-refractivity contribution is 7.93. The number of nitrogens with two attached hydrogens (primary N) is 1. The lowest BCUT2D eigenvalue weighted by molar-refractivity contribution is -0.130. The number of benzene rings is 2. The topological polar surface area (TPSA) is 147 Å². The average molecular weight is 667 g/mol. The van der Waals surface area contributed by atoms with Crippen LogP contribution >= 0.6 is 0 Å². The third kappa shape index (κ3) is 7.01. The Bertz CT molecular complexity index is 1650. The Kier molecular flexibility index (Phi) is 10.5. The zero-order valence-electron chi connectivity index (χ0n) is 28.4. The van der Waals surface area contributed by atoms with Gasteiger partial charge in [0.1, 0.15) is 11.0 Å². The van der Waals surface area contributed by atoms with Gasteiger partial charge >= 0.3 is 0 Å². The summed E-state index contributed by atoms with van der Waals surface area (Å²) in [6.07, 6.45) is 4.55. The molecule has 3 heterocycles. The molecule has 1 fully saturated rings. The van der Waals surface area contributed by atoms with Crippen LogP contribution in [0, 0.1) is 19.3 Å². The van der Waals surface area contributed by atoms with Crippen LogP contribution in [-0.2, 0) is 30.8 Å². The molecular weight excluding hydrogens is 616 g/mol. The zero-order valence-corrected chi connectivity index (χ0v) is 29.2. The Labute approximate surface area is 279 Å². The predicted molar refractivity (Wildman–Crippen MR) is 186 cm³/mol. The van der Waals surface area contributed by atoms with E-state index in [1.165, 1.54) is 4.31 Å². The molecule has 47 heavy (non-hydrogen) atoms. The van der Waals surface area contributed by atoms with E-state index in [0.717, 1.165) is 52.2 Å². The first-order chi connectivity index (χ1) is 22.4. The second-order valence-electron chi connectivity index (χ2n) is 13.2. The third-order valence-corrected chi connectivity index (χ3v) is 11.4. The van der Waals surface area contributed by atoms with E-state index in [2.05, 4.69) is 33.5 Å². The van der Waals surface area contributed by atoms with Crippen molar-refractivity contribution >= 4 is 27.3 Å². The molecule has 5 rings (SSSR count). The number of nitrogens with one attached hydrogen (secondary N) is 4. The number of anilines is 2. The number of hydrazine groups is 1. The lowest BCUT2D eigenvalue weighted by atomic mass is 9.69. The average Bonchev–Trinajstić information content (AvgIpc) is 3.52. The molecular formula is C35H50N6O5S. The number of allylic oxidation sites excluding steroid dienone is 1. The summed E-state index contributed by atoms with van der Waals surface area (Å²) in [4.78, 5) is 14.3. The third-order valence-electron chi connectivity index (χ3n) is 9.59. The molecule has 0 bridgehead atoms. The molecule has 11 nitrogen and oxygen atoms in total. The number of sulfonamides is 1. The quantitative estimate of drug-likeness (QED) is 0.174. The van der Waals surface area contributed by atoms with Crippen LogP contribution in [0.5, 0.6) is 0 Å². The highest BCUT2D eigenvalue weighted by Crippen LogP contribution is 2.45. The van der Waals surface area contributed by atoms with Gasteiger partial charge < -0.3 is 30.8 Å². The minimum Gasteiger partial charge on any atom is -0.474 e. The summed E-state index contributed by atoms with van der Waals surface area (Å²) in [5.41, 5.74) is 8.23. The van der Waals surface area contributed by atoms with E-state index in [1.807, 2.05) is 59.7 Å². The second-order valence-corrected chi connectivity index (χ2v) is 15.1. The van der Waals surface area contributed by atoms with Gasteiger partial charge in [-0.3, -0.25) is 10.6 Å². The first-order valence-corrected chi connectivity index (χ1v) is 18.0. The van der Waals surface area contributed by atoms with Crippen molar-refractivity contribution in [2.24, 2.45) is 11.3 Å². The predicted octanol–water partition coefficient (Wildman–Crippen LogP) is 4.35. The fraction of sp³-hybridized carbons (Fsp3) is 0.514. The minimum atomic E-state index is -3.85. The van der Waals surface area contributed by atoms with Crippen LogP contribution in [0.25, 0.3) is 0 Å². The maximum absolute atomic E-state index is 14.1. The van der Waals surface area contributed by atoms with Gasteiger partial charge in [-0.25, -0.2) is 8.42 Å². The highest BCUT2D eigenvalue weighted by atomic mass is 32.2. The first-order valence-electron chi connectivity index (χ1n) is 16.6. The number of carbonyl (C=O) groups excluding carboxylic acids is 1. The molecule has 1 saturated heterocycles. The summed E-state index contributed by atoms with van der Waals surface area (Å²) >= 11 is 0. The number of carbonyl (C=O) groups is 1. The number of nitrogen functional groups attached to an aromatic ring is 1. The molecule has 3 aliphatic rings. The summed E-state index contributed by atoms with van der Waals surface area (Å²) in [5, 5.41) is 9.69. The van der Waals surface area contributed by atoms with Crippen molar-refractivity contribution in [2.75, 3.05) is 43.6 Å². The van der Waals surface area contributed by atoms with E-state index in [0.29, 0.717) is 32.1 Å². The van der Waals surface area contributed by atoms with Crippen molar-refractivity contribution in [1.29, 1.82) is 0 Å². The molecule has 12 heteroatoms. The van der Waals surface area contributed by atoms with Crippen LogP contribution < -0.4 is 27.2 Å². The van der Waals surface area contributed by atoms with Crippen molar-refractivity contribution in [3.8, 4) is 0 Å². The summed E-state index contributed by atoms with van der Waals surface area (Å²) in [7, 11) is -3.85. The largest absolute Gasteiger partial charge is 0.474 e. The first kappa shape index (κ1) is 34.7. The number of aryl methyl sites for hydroxylation is 1. The van der Waals surface area contributed by atoms with E-state index < -0.39 is 15.4 Å². The van der Waals surface area contributed by atoms with E-state index >= 15 is 0 Å². The number of hydrogen-bond acceptors (Lipinski definition) is 9. The Morgan fingerprint density at radius 2 is 1.98 bits per heavy atom. The SMILES string of the molecule is CCNc1ccc([C@H](c2ccc(C)c(CN3C[C@@H](CC)OC4=C(C=CCN4)S3(=O)=O)c2)C(C)(C)C(=O)N[C@@H]2CCOC2)c(C)c1NN. The fourth-order valence-electron chi connectivity index (χ4n) is 6.74. The Balaban J connectivity index is 1.60. The number of dihydropyridines is 1. The van der Waals surface area contributed by atoms with Gasteiger partial charge in [0.05, 0.1) is 36.0 Å². The van der Waals surface area contributed by atoms with E-state index in [4.69, 9.17) is 15.3 Å². The summed E-state index contributed by atoms with van der Waals surface area (Å²) in [6.45, 7) is 14.7. The van der Waals surface area contributed by atoms with Crippen LogP contribution in [0.1, 0.15) is 74.3 Å². The van der Waals surface area contributed by atoms with Crippen molar-refractivity contribution < 1.29 is 22.7 Å². The molecule has 0 spiro atoms. The smallest absolute Gasteiger partial charge is 0.248 e. The van der Waals surface area contributed by atoms with Gasteiger partial charge in [-0.2, -0.15) is 4.31 Å². The van der Waals surface area contributed by atoms with Crippen molar-refractivity contribution in [2.45, 2.75) is 79.0 Å². The number of rotatable bonds is 11. The number of nitrogens with zero attached hydrogens (tertiary/aromatic N) is 1. The molecule has 2 aromatic rings. The van der Waals surface area contributed by atoms with Crippen molar-refractivity contribution in [1.82, 2.24) is 14.9 Å². The van der Waals surface area contributed by atoms with E-state index in [9.17, 15) is 13.2 Å². The molecule has 3 atom stereocenters. The number of amides is 1. The fourth-order valence-corrected chi connectivity index (χ4v) is 8.32. The van der Waals surface area contributed by atoms with Gasteiger partial charge in [-0.1, -0.05) is 51.1 Å². The molecule has 0 radical (unpaired) electrons. The maximum Gasteiger partial charge on any atom is 0.248 e. The molecule has 0 saturated carbocycles. The van der Waals surface area contributed by atoms with Crippen LogP contribution in [0.2, 0.25) is 0 Å². The van der Waals surface area contributed by atoms with Gasteiger partial charge in [0.25, 0.3) is 0 Å². The number of ether oxygens (including phenoxy) is 2. The molecule has 6 N–H and O–H groups in total. The minimum absolute atomic E-state index is 0.0426. The lowest BCUT2D eigenvalue weighted by Crippen LogP contribution is -2.46.